The summed E-state index contributed by atoms with van der Waals surface area (Å²) in [6.07, 6.45) is 3.65. The Morgan fingerprint density at radius 1 is 1.24 bits per heavy atom. The van der Waals surface area contributed by atoms with E-state index in [-0.39, 0.29) is 10.9 Å². The quantitative estimate of drug-likeness (QED) is 0.831. The summed E-state index contributed by atoms with van der Waals surface area (Å²) in [5, 5.41) is 4.01. The van der Waals surface area contributed by atoms with Crippen molar-refractivity contribution in [3.8, 4) is 0 Å². The second kappa shape index (κ2) is 7.39. The Morgan fingerprint density at radius 2 is 1.84 bits per heavy atom. The van der Waals surface area contributed by atoms with E-state index >= 15 is 0 Å². The van der Waals surface area contributed by atoms with Gasteiger partial charge in [0.1, 0.15) is 0 Å². The van der Waals surface area contributed by atoms with Crippen molar-refractivity contribution in [3.05, 3.63) is 47.8 Å². The maximum atomic E-state index is 12.7. The molecule has 0 aliphatic rings. The minimum absolute atomic E-state index is 0.187. The van der Waals surface area contributed by atoms with E-state index in [9.17, 15) is 12.6 Å². The van der Waals surface area contributed by atoms with E-state index in [0.29, 0.717) is 12.0 Å². The molecule has 25 heavy (non-hydrogen) atoms. The highest BCUT2D eigenvalue weighted by Crippen LogP contribution is 2.22. The predicted octanol–water partition coefficient (Wildman–Crippen LogP) is 2.93. The number of aryl methyl sites for hydroxylation is 1. The van der Waals surface area contributed by atoms with Crippen molar-refractivity contribution in [2.24, 2.45) is 0 Å². The lowest BCUT2D eigenvalue weighted by Crippen LogP contribution is -2.35. The standard InChI is InChI=1S/C17H25N3O3S2/c1-6-16(19-24(21)17(3,4)5)14-11-18-20(12-14)25(22,23)15-9-7-13(2)8-10-15/h7-12,16,19H,6H2,1-5H3/t16-,24?/m0/s1. The van der Waals surface area contributed by atoms with Crippen LogP contribution >= 0.6 is 0 Å². The minimum Gasteiger partial charge on any atom is -0.242 e. The lowest BCUT2D eigenvalue weighted by molar-refractivity contribution is 0.579. The second-order valence-corrected chi connectivity index (χ2v) is 10.7. The third-order valence-corrected chi connectivity index (χ3v) is 6.93. The number of nitrogens with one attached hydrogen (secondary N) is 1. The zero-order valence-electron chi connectivity index (χ0n) is 15.2. The van der Waals surface area contributed by atoms with Gasteiger partial charge in [0, 0.05) is 17.8 Å². The summed E-state index contributed by atoms with van der Waals surface area (Å²) in [6.45, 7) is 9.49. The van der Waals surface area contributed by atoms with Crippen molar-refractivity contribution in [3.63, 3.8) is 0 Å². The maximum absolute atomic E-state index is 12.7. The highest BCUT2D eigenvalue weighted by Gasteiger charge is 2.25. The molecule has 0 amide bonds. The topological polar surface area (TPSA) is 81.1 Å². The monoisotopic (exact) mass is 383 g/mol. The van der Waals surface area contributed by atoms with Crippen LogP contribution in [0, 0.1) is 6.92 Å². The van der Waals surface area contributed by atoms with Crippen molar-refractivity contribution < 1.29 is 12.6 Å². The van der Waals surface area contributed by atoms with Crippen LogP contribution in [0.3, 0.4) is 0 Å². The molecule has 138 valence electrons. The van der Waals surface area contributed by atoms with E-state index in [2.05, 4.69) is 9.82 Å². The van der Waals surface area contributed by atoms with Crippen LogP contribution in [0.2, 0.25) is 0 Å². The van der Waals surface area contributed by atoms with E-state index < -0.39 is 25.8 Å². The van der Waals surface area contributed by atoms with E-state index in [1.165, 1.54) is 12.4 Å². The van der Waals surface area contributed by atoms with Crippen LogP contribution in [0.15, 0.2) is 41.6 Å². The summed E-state index contributed by atoms with van der Waals surface area (Å²) < 4.78 is 41.3. The fraction of sp³-hybridized carbons (Fsp3) is 0.471. The second-order valence-electron chi connectivity index (χ2n) is 6.92. The molecule has 0 fully saturated rings. The van der Waals surface area contributed by atoms with Crippen LogP contribution in [0.1, 0.15) is 51.3 Å². The molecular formula is C17H25N3O3S2. The summed E-state index contributed by atoms with van der Waals surface area (Å²) in [5.74, 6) is 0. The molecule has 6 nitrogen and oxygen atoms in total. The molecular weight excluding hydrogens is 358 g/mol. The molecule has 1 N–H and O–H groups in total. The van der Waals surface area contributed by atoms with Gasteiger partial charge in [0.05, 0.1) is 26.8 Å². The van der Waals surface area contributed by atoms with Gasteiger partial charge in [-0.25, -0.2) is 8.93 Å². The van der Waals surface area contributed by atoms with Crippen LogP contribution in [0.5, 0.6) is 0 Å². The van der Waals surface area contributed by atoms with Crippen LogP contribution in [0.4, 0.5) is 0 Å². The molecule has 8 heteroatoms. The van der Waals surface area contributed by atoms with E-state index in [0.717, 1.165) is 9.65 Å². The third kappa shape index (κ3) is 4.56. The largest absolute Gasteiger partial charge is 0.282 e. The molecule has 1 heterocycles. The van der Waals surface area contributed by atoms with Gasteiger partial charge in [-0.2, -0.15) is 17.6 Å². The van der Waals surface area contributed by atoms with Gasteiger partial charge < -0.3 is 0 Å². The lowest BCUT2D eigenvalue weighted by atomic mass is 10.1. The van der Waals surface area contributed by atoms with Gasteiger partial charge >= 0.3 is 0 Å². The third-order valence-electron chi connectivity index (χ3n) is 3.76. The lowest BCUT2D eigenvalue weighted by Gasteiger charge is -2.22. The Kier molecular flexibility index (Phi) is 5.86. The molecule has 0 aliphatic heterocycles. The highest BCUT2D eigenvalue weighted by atomic mass is 32.2. The van der Waals surface area contributed by atoms with Crippen molar-refractivity contribution in [2.45, 2.75) is 56.7 Å². The number of rotatable bonds is 6. The Balaban J connectivity index is 2.28. The van der Waals surface area contributed by atoms with Gasteiger partial charge in [-0.1, -0.05) is 24.6 Å². The Bertz CT molecular complexity index is 850. The maximum Gasteiger partial charge on any atom is 0.282 e. The van der Waals surface area contributed by atoms with Gasteiger partial charge in [0.2, 0.25) is 0 Å². The Morgan fingerprint density at radius 3 is 2.36 bits per heavy atom. The van der Waals surface area contributed by atoms with Gasteiger partial charge in [-0.15, -0.1) is 0 Å². The molecule has 1 unspecified atom stereocenters. The molecule has 1 aromatic carbocycles. The molecule has 2 rings (SSSR count). The summed E-state index contributed by atoms with van der Waals surface area (Å²) in [6, 6.07) is 6.40. The van der Waals surface area contributed by atoms with E-state index in [1.807, 2.05) is 34.6 Å². The van der Waals surface area contributed by atoms with Gasteiger partial charge in [-0.05, 0) is 46.2 Å². The number of hydrogen-bond acceptors (Lipinski definition) is 4. The van der Waals surface area contributed by atoms with Crippen LogP contribution in [-0.4, -0.2) is 26.6 Å². The SMILES string of the molecule is CC[C@H](NS(=O)C(C)(C)C)c1cnn(S(=O)(=O)c2ccc(C)cc2)c1. The zero-order valence-corrected chi connectivity index (χ0v) is 16.8. The Hall–Kier alpha value is -1.51. The van der Waals surface area contributed by atoms with Crippen molar-refractivity contribution in [2.75, 3.05) is 0 Å². The molecule has 0 saturated carbocycles. The molecule has 0 aliphatic carbocycles. The number of hydrogen-bond donors (Lipinski definition) is 1. The molecule has 2 aromatic rings. The predicted molar refractivity (Wildman–Crippen MR) is 100 cm³/mol. The minimum atomic E-state index is -3.73. The highest BCUT2D eigenvalue weighted by molar-refractivity contribution is 7.89. The normalized spacial score (nSPS) is 15.1. The average molecular weight is 384 g/mol. The Labute approximate surface area is 152 Å². The molecule has 0 radical (unpaired) electrons. The van der Waals surface area contributed by atoms with Crippen LogP contribution in [-0.2, 0) is 21.0 Å². The van der Waals surface area contributed by atoms with Crippen molar-refractivity contribution in [1.29, 1.82) is 0 Å². The number of nitrogens with zero attached hydrogens (tertiary/aromatic N) is 2. The number of benzene rings is 1. The van der Waals surface area contributed by atoms with Crippen LogP contribution < -0.4 is 4.72 Å². The van der Waals surface area contributed by atoms with Gasteiger partial charge in [0.25, 0.3) is 10.0 Å². The fourth-order valence-electron chi connectivity index (χ4n) is 2.14. The first-order chi connectivity index (χ1) is 11.6. The summed E-state index contributed by atoms with van der Waals surface area (Å²) in [4.78, 5) is 0.187. The molecule has 0 bridgehead atoms. The fourth-order valence-corrected chi connectivity index (χ4v) is 4.18. The summed E-state index contributed by atoms with van der Waals surface area (Å²) in [5.41, 5.74) is 1.68. The smallest absolute Gasteiger partial charge is 0.242 e. The van der Waals surface area contributed by atoms with Gasteiger partial charge in [0.15, 0.2) is 0 Å². The molecule has 0 spiro atoms. The summed E-state index contributed by atoms with van der Waals surface area (Å²) >= 11 is 0. The number of aromatic nitrogens is 2. The van der Waals surface area contributed by atoms with Gasteiger partial charge in [-0.3, -0.25) is 0 Å². The molecule has 0 saturated heterocycles. The zero-order chi connectivity index (χ0) is 18.8. The average Bonchev–Trinajstić information content (AvgIpc) is 3.02. The van der Waals surface area contributed by atoms with Crippen molar-refractivity contribution in [1.82, 2.24) is 13.9 Å². The molecule has 2 atom stereocenters. The summed E-state index contributed by atoms with van der Waals surface area (Å²) in [7, 11) is -4.99. The first-order valence-corrected chi connectivity index (χ1v) is 10.7. The van der Waals surface area contributed by atoms with E-state index in [4.69, 9.17) is 0 Å². The van der Waals surface area contributed by atoms with Crippen molar-refractivity contribution >= 4 is 21.0 Å². The first-order valence-electron chi connectivity index (χ1n) is 8.10. The first kappa shape index (κ1) is 19.8. The molecule has 1 aromatic heterocycles. The van der Waals surface area contributed by atoms with E-state index in [1.54, 1.807) is 24.3 Å². The van der Waals surface area contributed by atoms with Crippen LogP contribution in [0.25, 0.3) is 0 Å².